The fourth-order valence-corrected chi connectivity index (χ4v) is 3.36. The molecule has 0 bridgehead atoms. The Morgan fingerprint density at radius 2 is 2.07 bits per heavy atom. The summed E-state index contributed by atoms with van der Waals surface area (Å²) in [6, 6.07) is 14.0. The third kappa shape index (κ3) is 4.49. The van der Waals surface area contributed by atoms with Crippen molar-refractivity contribution < 1.29 is 14.6 Å². The number of rotatable bonds is 7. The molecule has 5 nitrogen and oxygen atoms in total. The molecule has 1 unspecified atom stereocenters. The van der Waals surface area contributed by atoms with Crippen LogP contribution >= 0.6 is 0 Å². The summed E-state index contributed by atoms with van der Waals surface area (Å²) in [5, 5.41) is 12.0. The van der Waals surface area contributed by atoms with E-state index in [4.69, 9.17) is 9.84 Å². The molecule has 2 N–H and O–H groups in total. The second kappa shape index (κ2) is 8.73. The van der Waals surface area contributed by atoms with Crippen LogP contribution in [-0.4, -0.2) is 37.5 Å². The summed E-state index contributed by atoms with van der Waals surface area (Å²) >= 11 is 0. The Balaban J connectivity index is 1.57. The molecule has 0 radical (unpaired) electrons. The van der Waals surface area contributed by atoms with Gasteiger partial charge in [-0.15, -0.1) is 0 Å². The first-order valence-corrected chi connectivity index (χ1v) is 9.29. The average Bonchev–Trinajstić information content (AvgIpc) is 3.09. The number of fused-ring (bicyclic) bond motifs is 1. The summed E-state index contributed by atoms with van der Waals surface area (Å²) in [5.41, 5.74) is 5.07. The summed E-state index contributed by atoms with van der Waals surface area (Å²) < 4.78 is 5.43. The number of likely N-dealkylation sites (N-methyl/N-ethyl adjacent to an activating group) is 1. The normalized spacial score (nSPS) is 14.7. The van der Waals surface area contributed by atoms with Crippen molar-refractivity contribution in [1.29, 1.82) is 0 Å². The maximum atomic E-state index is 12.2. The molecule has 27 heavy (non-hydrogen) atoms. The maximum Gasteiger partial charge on any atom is 0.411 e. The van der Waals surface area contributed by atoms with Crippen molar-refractivity contribution >= 4 is 23.5 Å². The maximum absolute atomic E-state index is 12.2. The zero-order valence-corrected chi connectivity index (χ0v) is 15.8. The van der Waals surface area contributed by atoms with E-state index in [2.05, 4.69) is 34.5 Å². The zero-order chi connectivity index (χ0) is 19.2. The number of ether oxygens (including phenoxy) is 1. The Bertz CT molecular complexity index is 832. The van der Waals surface area contributed by atoms with E-state index in [1.807, 2.05) is 44.2 Å². The van der Waals surface area contributed by atoms with Crippen molar-refractivity contribution in [3.05, 3.63) is 65.2 Å². The molecule has 1 amide bonds. The largest absolute Gasteiger partial charge is 0.448 e. The minimum Gasteiger partial charge on any atom is -0.448 e. The highest BCUT2D eigenvalue weighted by molar-refractivity contribution is 5.86. The lowest BCUT2D eigenvalue weighted by Crippen LogP contribution is -2.26. The van der Waals surface area contributed by atoms with Crippen LogP contribution < -0.4 is 10.2 Å². The van der Waals surface area contributed by atoms with Gasteiger partial charge in [0.2, 0.25) is 0 Å². The number of anilines is 2. The number of aliphatic hydroxyl groups is 1. The highest BCUT2D eigenvalue weighted by Crippen LogP contribution is 2.30. The monoisotopic (exact) mass is 366 g/mol. The smallest absolute Gasteiger partial charge is 0.411 e. The number of aryl methyl sites for hydroxylation is 1. The van der Waals surface area contributed by atoms with Crippen molar-refractivity contribution in [1.82, 2.24) is 0 Å². The SMILES string of the molecule is CCN(CCO)c1ccc(NC(=O)OCC2C=Cc3ccccc32)c(C)c1. The number of nitrogens with one attached hydrogen (secondary N) is 1. The Kier molecular flexibility index (Phi) is 6.14. The Hall–Kier alpha value is -2.79. The molecule has 0 aliphatic heterocycles. The third-order valence-electron chi connectivity index (χ3n) is 4.86. The number of benzene rings is 2. The molecule has 0 fully saturated rings. The first kappa shape index (κ1) is 19.0. The molecule has 0 saturated carbocycles. The lowest BCUT2D eigenvalue weighted by molar-refractivity contribution is 0.159. The molecular formula is C22H26N2O3. The quantitative estimate of drug-likeness (QED) is 0.772. The van der Waals surface area contributed by atoms with Crippen LogP contribution in [0.3, 0.4) is 0 Å². The Morgan fingerprint density at radius 1 is 1.26 bits per heavy atom. The lowest BCUT2D eigenvalue weighted by atomic mass is 10.0. The van der Waals surface area contributed by atoms with E-state index in [1.165, 1.54) is 11.1 Å². The summed E-state index contributed by atoms with van der Waals surface area (Å²) in [6.45, 7) is 5.81. The Morgan fingerprint density at radius 3 is 2.81 bits per heavy atom. The molecule has 5 heteroatoms. The van der Waals surface area contributed by atoms with Crippen molar-refractivity contribution in [2.45, 2.75) is 19.8 Å². The van der Waals surface area contributed by atoms with Crippen LogP contribution in [0.1, 0.15) is 29.5 Å². The molecule has 2 aromatic carbocycles. The highest BCUT2D eigenvalue weighted by atomic mass is 16.5. The molecule has 1 atom stereocenters. The van der Waals surface area contributed by atoms with Gasteiger partial charge in [0.05, 0.1) is 6.61 Å². The van der Waals surface area contributed by atoms with Gasteiger partial charge in [-0.05, 0) is 48.7 Å². The number of amides is 1. The molecule has 0 spiro atoms. The van der Waals surface area contributed by atoms with Gasteiger partial charge in [-0.3, -0.25) is 5.32 Å². The fraction of sp³-hybridized carbons (Fsp3) is 0.318. The molecule has 1 aliphatic rings. The molecule has 0 aromatic heterocycles. The topological polar surface area (TPSA) is 61.8 Å². The van der Waals surface area contributed by atoms with Crippen molar-refractivity contribution in [2.24, 2.45) is 0 Å². The van der Waals surface area contributed by atoms with Crippen LogP contribution in [0.15, 0.2) is 48.5 Å². The van der Waals surface area contributed by atoms with Crippen LogP contribution in [0.4, 0.5) is 16.2 Å². The van der Waals surface area contributed by atoms with Crippen LogP contribution in [0.25, 0.3) is 6.08 Å². The van der Waals surface area contributed by atoms with E-state index in [0.717, 1.165) is 23.5 Å². The third-order valence-corrected chi connectivity index (χ3v) is 4.86. The van der Waals surface area contributed by atoms with Crippen LogP contribution in [0.2, 0.25) is 0 Å². The van der Waals surface area contributed by atoms with E-state index in [1.54, 1.807) is 0 Å². The van der Waals surface area contributed by atoms with Gasteiger partial charge < -0.3 is 14.7 Å². The van der Waals surface area contributed by atoms with Crippen LogP contribution in [0, 0.1) is 6.92 Å². The number of carbonyl (C=O) groups excluding carboxylic acids is 1. The van der Waals surface area contributed by atoms with Gasteiger partial charge in [0.1, 0.15) is 6.61 Å². The summed E-state index contributed by atoms with van der Waals surface area (Å²) in [4.78, 5) is 14.3. The van der Waals surface area contributed by atoms with Gasteiger partial charge in [0.25, 0.3) is 0 Å². The van der Waals surface area contributed by atoms with E-state index in [0.29, 0.717) is 13.2 Å². The summed E-state index contributed by atoms with van der Waals surface area (Å²) in [6.07, 6.45) is 3.68. The average molecular weight is 366 g/mol. The van der Waals surface area contributed by atoms with Crippen molar-refractivity contribution in [3.63, 3.8) is 0 Å². The van der Waals surface area contributed by atoms with Crippen LogP contribution in [0.5, 0.6) is 0 Å². The van der Waals surface area contributed by atoms with Crippen molar-refractivity contribution in [3.8, 4) is 0 Å². The minimum absolute atomic E-state index is 0.104. The number of hydrogen-bond donors (Lipinski definition) is 2. The van der Waals surface area contributed by atoms with Crippen LogP contribution in [-0.2, 0) is 4.74 Å². The number of hydrogen-bond acceptors (Lipinski definition) is 4. The number of nitrogens with zero attached hydrogens (tertiary/aromatic N) is 1. The second-order valence-corrected chi connectivity index (χ2v) is 6.62. The summed E-state index contributed by atoms with van der Waals surface area (Å²) in [7, 11) is 0. The molecule has 142 valence electrons. The molecular weight excluding hydrogens is 340 g/mol. The number of carbonyl (C=O) groups is 1. The molecule has 3 rings (SSSR count). The zero-order valence-electron chi connectivity index (χ0n) is 15.8. The van der Waals surface area contributed by atoms with E-state index < -0.39 is 6.09 Å². The van der Waals surface area contributed by atoms with Gasteiger partial charge in [0.15, 0.2) is 0 Å². The standard InChI is InChI=1S/C22H26N2O3/c1-3-24(12-13-25)19-10-11-21(16(2)14-19)23-22(26)27-15-18-9-8-17-6-4-5-7-20(17)18/h4-11,14,18,25H,3,12-13,15H2,1-2H3,(H,23,26). The molecule has 1 aliphatic carbocycles. The first-order valence-electron chi connectivity index (χ1n) is 9.29. The minimum atomic E-state index is -0.452. The van der Waals surface area contributed by atoms with Gasteiger partial charge in [-0.25, -0.2) is 4.79 Å². The first-order chi connectivity index (χ1) is 13.1. The predicted octanol–water partition coefficient (Wildman–Crippen LogP) is 4.17. The number of aliphatic hydroxyl groups excluding tert-OH is 1. The second-order valence-electron chi connectivity index (χ2n) is 6.62. The van der Waals surface area contributed by atoms with Gasteiger partial charge in [-0.1, -0.05) is 36.4 Å². The van der Waals surface area contributed by atoms with Gasteiger partial charge in [0, 0.05) is 30.4 Å². The van der Waals surface area contributed by atoms with E-state index in [-0.39, 0.29) is 12.5 Å². The van der Waals surface area contributed by atoms with E-state index >= 15 is 0 Å². The Labute approximate surface area is 160 Å². The fourth-order valence-electron chi connectivity index (χ4n) is 3.36. The van der Waals surface area contributed by atoms with E-state index in [9.17, 15) is 4.79 Å². The predicted molar refractivity (Wildman–Crippen MR) is 109 cm³/mol. The van der Waals surface area contributed by atoms with Gasteiger partial charge >= 0.3 is 6.09 Å². The molecule has 0 saturated heterocycles. The molecule has 2 aromatic rings. The van der Waals surface area contributed by atoms with Crippen molar-refractivity contribution in [2.75, 3.05) is 36.5 Å². The summed E-state index contributed by atoms with van der Waals surface area (Å²) in [5.74, 6) is 0.104. The molecule has 0 heterocycles. The van der Waals surface area contributed by atoms with Gasteiger partial charge in [-0.2, -0.15) is 0 Å². The lowest BCUT2D eigenvalue weighted by Gasteiger charge is -2.23. The highest BCUT2D eigenvalue weighted by Gasteiger charge is 2.18.